The van der Waals surface area contributed by atoms with Gasteiger partial charge in [-0.3, -0.25) is 4.90 Å². The summed E-state index contributed by atoms with van der Waals surface area (Å²) >= 11 is 0. The molecule has 0 aliphatic carbocycles. The highest BCUT2D eigenvalue weighted by Gasteiger charge is 2.32. The molecule has 1 aromatic carbocycles. The number of fused-ring (bicyclic) bond motifs is 1. The molecule has 0 aromatic heterocycles. The number of rotatable bonds is 3. The minimum absolute atomic E-state index is 0.608. The minimum atomic E-state index is 0.608. The fourth-order valence-corrected chi connectivity index (χ4v) is 3.63. The summed E-state index contributed by atoms with van der Waals surface area (Å²) in [5.41, 5.74) is 2.84. The number of nitrogens with zero attached hydrogens (tertiary/aromatic N) is 1. The smallest absolute Gasteiger partial charge is 0.0429 e. The molecule has 2 heteroatoms. The molecule has 0 spiro atoms. The van der Waals surface area contributed by atoms with Crippen molar-refractivity contribution in [3.8, 4) is 0 Å². The van der Waals surface area contributed by atoms with Crippen LogP contribution in [0.4, 0.5) is 5.69 Å². The highest BCUT2D eigenvalue weighted by molar-refractivity contribution is 5.56. The number of hydrogen-bond acceptors (Lipinski definition) is 2. The van der Waals surface area contributed by atoms with Crippen LogP contribution >= 0.6 is 0 Å². The zero-order valence-corrected chi connectivity index (χ0v) is 11.5. The second-order valence-electron chi connectivity index (χ2n) is 5.89. The van der Waals surface area contributed by atoms with E-state index in [2.05, 4.69) is 48.3 Å². The lowest BCUT2D eigenvalue weighted by molar-refractivity contribution is 0.191. The molecule has 2 nitrogen and oxygen atoms in total. The van der Waals surface area contributed by atoms with Gasteiger partial charge in [-0.15, -0.1) is 0 Å². The number of benzene rings is 1. The molecule has 98 valence electrons. The summed E-state index contributed by atoms with van der Waals surface area (Å²) < 4.78 is 0. The first kappa shape index (κ1) is 12.0. The van der Waals surface area contributed by atoms with E-state index in [9.17, 15) is 0 Å². The lowest BCUT2D eigenvalue weighted by atomic mass is 10.1. The Labute approximate surface area is 110 Å². The lowest BCUT2D eigenvalue weighted by Gasteiger charge is -2.30. The summed E-state index contributed by atoms with van der Waals surface area (Å²) in [7, 11) is 0. The van der Waals surface area contributed by atoms with E-state index in [0.717, 1.165) is 12.1 Å². The molecule has 3 rings (SSSR count). The third kappa shape index (κ3) is 2.14. The molecular formula is C16H24N2. The Morgan fingerprint density at radius 2 is 2.11 bits per heavy atom. The van der Waals surface area contributed by atoms with E-state index in [1.807, 2.05) is 0 Å². The van der Waals surface area contributed by atoms with Crippen molar-refractivity contribution in [2.75, 3.05) is 11.9 Å². The van der Waals surface area contributed by atoms with Gasteiger partial charge in [0.2, 0.25) is 0 Å². The maximum atomic E-state index is 3.68. The third-order valence-electron chi connectivity index (χ3n) is 4.70. The van der Waals surface area contributed by atoms with Gasteiger partial charge in [0.25, 0.3) is 0 Å². The van der Waals surface area contributed by atoms with Crippen LogP contribution in [0.15, 0.2) is 24.3 Å². The van der Waals surface area contributed by atoms with Gasteiger partial charge in [-0.25, -0.2) is 0 Å². The summed E-state index contributed by atoms with van der Waals surface area (Å²) in [6, 6.07) is 10.9. The highest BCUT2D eigenvalue weighted by Crippen LogP contribution is 2.30. The maximum Gasteiger partial charge on any atom is 0.0429 e. The van der Waals surface area contributed by atoms with Crippen molar-refractivity contribution in [3.05, 3.63) is 29.8 Å². The normalized spacial score (nSPS) is 31.3. The molecule has 1 fully saturated rings. The van der Waals surface area contributed by atoms with Crippen molar-refractivity contribution in [1.82, 2.24) is 4.90 Å². The van der Waals surface area contributed by atoms with Crippen LogP contribution in [-0.2, 0) is 6.42 Å². The topological polar surface area (TPSA) is 15.3 Å². The molecule has 1 saturated heterocycles. The molecule has 1 N–H and O–H groups in total. The fourth-order valence-electron chi connectivity index (χ4n) is 3.63. The van der Waals surface area contributed by atoms with Crippen LogP contribution in [0.25, 0.3) is 0 Å². The molecule has 18 heavy (non-hydrogen) atoms. The molecule has 0 saturated carbocycles. The number of likely N-dealkylation sites (tertiary alicyclic amines) is 1. The fraction of sp³-hybridized carbons (Fsp3) is 0.625. The van der Waals surface area contributed by atoms with Crippen LogP contribution in [0.3, 0.4) is 0 Å². The second kappa shape index (κ2) is 4.93. The van der Waals surface area contributed by atoms with Gasteiger partial charge in [0.1, 0.15) is 0 Å². The monoisotopic (exact) mass is 244 g/mol. The van der Waals surface area contributed by atoms with Crippen LogP contribution in [0.5, 0.6) is 0 Å². The molecule has 3 unspecified atom stereocenters. The average Bonchev–Trinajstić information content (AvgIpc) is 2.94. The van der Waals surface area contributed by atoms with Gasteiger partial charge in [0.15, 0.2) is 0 Å². The van der Waals surface area contributed by atoms with E-state index in [-0.39, 0.29) is 0 Å². The predicted octanol–water partition coefficient (Wildman–Crippen LogP) is 3.29. The SMILES string of the molecule is CCC1CCC(C)N1CC1Cc2ccccc2N1. The Morgan fingerprint density at radius 3 is 2.89 bits per heavy atom. The van der Waals surface area contributed by atoms with Gasteiger partial charge in [-0.1, -0.05) is 25.1 Å². The standard InChI is InChI=1S/C16H24N2/c1-3-15-9-8-12(2)18(15)11-14-10-13-6-4-5-7-16(13)17-14/h4-7,12,14-15,17H,3,8-11H2,1-2H3. The highest BCUT2D eigenvalue weighted by atomic mass is 15.2. The minimum Gasteiger partial charge on any atom is -0.380 e. The Bertz CT molecular complexity index is 390. The lowest BCUT2D eigenvalue weighted by Crippen LogP contribution is -2.42. The van der Waals surface area contributed by atoms with Gasteiger partial charge < -0.3 is 5.32 Å². The van der Waals surface area contributed by atoms with Crippen molar-refractivity contribution in [2.45, 2.75) is 57.7 Å². The second-order valence-corrected chi connectivity index (χ2v) is 5.89. The Hall–Kier alpha value is -1.02. The number of hydrogen-bond donors (Lipinski definition) is 1. The van der Waals surface area contributed by atoms with E-state index in [1.54, 1.807) is 0 Å². The van der Waals surface area contributed by atoms with Crippen LogP contribution in [0.2, 0.25) is 0 Å². The first-order chi connectivity index (χ1) is 8.78. The first-order valence-corrected chi connectivity index (χ1v) is 7.38. The summed E-state index contributed by atoms with van der Waals surface area (Å²) in [5.74, 6) is 0. The Balaban J connectivity index is 1.65. The summed E-state index contributed by atoms with van der Waals surface area (Å²) in [4.78, 5) is 2.73. The first-order valence-electron chi connectivity index (χ1n) is 7.38. The van der Waals surface area contributed by atoms with Gasteiger partial charge >= 0.3 is 0 Å². The number of para-hydroxylation sites is 1. The van der Waals surface area contributed by atoms with E-state index >= 15 is 0 Å². The van der Waals surface area contributed by atoms with Crippen molar-refractivity contribution < 1.29 is 0 Å². The van der Waals surface area contributed by atoms with Gasteiger partial charge in [-0.2, -0.15) is 0 Å². The van der Waals surface area contributed by atoms with Crippen LogP contribution in [0, 0.1) is 0 Å². The zero-order chi connectivity index (χ0) is 12.5. The molecule has 3 atom stereocenters. The molecule has 2 aliphatic heterocycles. The third-order valence-corrected chi connectivity index (χ3v) is 4.70. The van der Waals surface area contributed by atoms with Gasteiger partial charge in [-0.05, 0) is 44.2 Å². The Kier molecular flexibility index (Phi) is 3.29. The van der Waals surface area contributed by atoms with Gasteiger partial charge in [0, 0.05) is 30.4 Å². The molecule has 1 aromatic rings. The van der Waals surface area contributed by atoms with Crippen molar-refractivity contribution in [1.29, 1.82) is 0 Å². The van der Waals surface area contributed by atoms with Crippen molar-refractivity contribution in [2.24, 2.45) is 0 Å². The summed E-state index contributed by atoms with van der Waals surface area (Å²) in [6.07, 6.45) is 5.25. The van der Waals surface area contributed by atoms with Crippen LogP contribution in [-0.4, -0.2) is 29.6 Å². The van der Waals surface area contributed by atoms with Crippen LogP contribution < -0.4 is 5.32 Å². The predicted molar refractivity (Wildman–Crippen MR) is 77.0 cm³/mol. The summed E-state index contributed by atoms with van der Waals surface area (Å²) in [6.45, 7) is 5.92. The van der Waals surface area contributed by atoms with E-state index in [4.69, 9.17) is 0 Å². The van der Waals surface area contributed by atoms with Crippen molar-refractivity contribution in [3.63, 3.8) is 0 Å². The van der Waals surface area contributed by atoms with Crippen molar-refractivity contribution >= 4 is 5.69 Å². The van der Waals surface area contributed by atoms with Crippen LogP contribution in [0.1, 0.15) is 38.7 Å². The van der Waals surface area contributed by atoms with E-state index in [1.165, 1.54) is 43.5 Å². The molecule has 0 radical (unpaired) electrons. The van der Waals surface area contributed by atoms with E-state index in [0.29, 0.717) is 6.04 Å². The van der Waals surface area contributed by atoms with Gasteiger partial charge in [0.05, 0.1) is 0 Å². The Morgan fingerprint density at radius 1 is 1.28 bits per heavy atom. The largest absolute Gasteiger partial charge is 0.380 e. The molecule has 2 aliphatic rings. The molecular weight excluding hydrogens is 220 g/mol. The maximum absolute atomic E-state index is 3.68. The quantitative estimate of drug-likeness (QED) is 0.877. The molecule has 2 heterocycles. The summed E-state index contributed by atoms with van der Waals surface area (Å²) in [5, 5.41) is 3.68. The number of anilines is 1. The molecule has 0 bridgehead atoms. The zero-order valence-electron chi connectivity index (χ0n) is 11.5. The molecule has 0 amide bonds. The average molecular weight is 244 g/mol. The number of nitrogens with one attached hydrogen (secondary N) is 1. The van der Waals surface area contributed by atoms with E-state index < -0.39 is 0 Å².